The zero-order chi connectivity index (χ0) is 19.1. The van der Waals surface area contributed by atoms with Crippen molar-refractivity contribution in [1.82, 2.24) is 5.32 Å². The van der Waals surface area contributed by atoms with Gasteiger partial charge in [-0.1, -0.05) is 83.9 Å². The van der Waals surface area contributed by atoms with E-state index in [9.17, 15) is 4.79 Å². The second-order valence-electron chi connectivity index (χ2n) is 6.41. The maximum atomic E-state index is 12.4. The van der Waals surface area contributed by atoms with Crippen molar-refractivity contribution in [3.05, 3.63) is 106 Å². The maximum Gasteiger partial charge on any atom is 0.407 e. The summed E-state index contributed by atoms with van der Waals surface area (Å²) in [5.41, 5.74) is 4.28. The van der Waals surface area contributed by atoms with E-state index in [-0.39, 0.29) is 6.04 Å². The lowest BCUT2D eigenvalue weighted by molar-refractivity contribution is 0.145. The molecule has 0 saturated carbocycles. The van der Waals surface area contributed by atoms with E-state index in [0.717, 1.165) is 16.7 Å². The van der Waals surface area contributed by atoms with Gasteiger partial charge in [-0.25, -0.2) is 4.79 Å². The normalized spacial score (nSPS) is 11.6. The van der Waals surface area contributed by atoms with Crippen molar-refractivity contribution in [2.45, 2.75) is 19.4 Å². The number of ether oxygens (including phenoxy) is 1. The molecule has 0 bridgehead atoms. The van der Waals surface area contributed by atoms with Crippen molar-refractivity contribution in [2.24, 2.45) is 0 Å². The number of hydrogen-bond acceptors (Lipinski definition) is 2. The van der Waals surface area contributed by atoms with Gasteiger partial charge in [0.25, 0.3) is 0 Å². The quantitative estimate of drug-likeness (QED) is 0.596. The third kappa shape index (κ3) is 5.60. The molecule has 1 N–H and O–H groups in total. The van der Waals surface area contributed by atoms with Gasteiger partial charge in [-0.05, 0) is 35.7 Å². The minimum atomic E-state index is -0.438. The highest BCUT2D eigenvalue weighted by Crippen LogP contribution is 2.23. The Morgan fingerprint density at radius 1 is 0.963 bits per heavy atom. The van der Waals surface area contributed by atoms with Gasteiger partial charge >= 0.3 is 6.09 Å². The summed E-state index contributed by atoms with van der Waals surface area (Å²) in [6.45, 7) is 2.38. The lowest BCUT2D eigenvalue weighted by atomic mass is 9.99. The van der Waals surface area contributed by atoms with Gasteiger partial charge in [-0.3, -0.25) is 0 Å². The van der Waals surface area contributed by atoms with Crippen LogP contribution in [0.5, 0.6) is 0 Å². The number of hydrogen-bond donors (Lipinski definition) is 1. The lowest BCUT2D eigenvalue weighted by Crippen LogP contribution is -2.30. The zero-order valence-electron chi connectivity index (χ0n) is 15.2. The van der Waals surface area contributed by atoms with Crippen LogP contribution in [0.3, 0.4) is 0 Å². The Morgan fingerprint density at radius 3 is 2.37 bits per heavy atom. The smallest absolute Gasteiger partial charge is 0.407 e. The molecular formula is C23H22ClNO2. The van der Waals surface area contributed by atoms with Crippen LogP contribution in [0.1, 0.15) is 28.3 Å². The summed E-state index contributed by atoms with van der Waals surface area (Å²) in [4.78, 5) is 12.4. The predicted octanol–water partition coefficient (Wildman–Crippen LogP) is 5.71. The Hall–Kier alpha value is -2.78. The highest BCUT2D eigenvalue weighted by molar-refractivity contribution is 6.30. The van der Waals surface area contributed by atoms with Crippen LogP contribution in [0.15, 0.2) is 78.9 Å². The summed E-state index contributed by atoms with van der Waals surface area (Å²) in [6.07, 6.45) is 0.248. The number of amides is 1. The van der Waals surface area contributed by atoms with Crippen LogP contribution in [-0.2, 0) is 11.2 Å². The van der Waals surface area contributed by atoms with Crippen LogP contribution in [0.25, 0.3) is 0 Å². The van der Waals surface area contributed by atoms with Gasteiger partial charge < -0.3 is 10.1 Å². The van der Waals surface area contributed by atoms with Crippen molar-refractivity contribution >= 4 is 17.7 Å². The number of halogens is 1. The first-order valence-corrected chi connectivity index (χ1v) is 9.29. The monoisotopic (exact) mass is 379 g/mol. The molecule has 0 aliphatic carbocycles. The van der Waals surface area contributed by atoms with Crippen LogP contribution in [0.2, 0.25) is 5.02 Å². The molecule has 0 radical (unpaired) electrons. The van der Waals surface area contributed by atoms with E-state index >= 15 is 0 Å². The summed E-state index contributed by atoms with van der Waals surface area (Å²) in [5.74, 6) is 0. The topological polar surface area (TPSA) is 38.3 Å². The second-order valence-corrected chi connectivity index (χ2v) is 6.85. The molecule has 3 rings (SSSR count). The van der Waals surface area contributed by atoms with Gasteiger partial charge in [0, 0.05) is 11.4 Å². The Kier molecular flexibility index (Phi) is 6.50. The van der Waals surface area contributed by atoms with Gasteiger partial charge in [-0.15, -0.1) is 0 Å². The van der Waals surface area contributed by atoms with E-state index in [2.05, 4.69) is 11.4 Å². The van der Waals surface area contributed by atoms with Crippen molar-refractivity contribution in [3.8, 4) is 0 Å². The van der Waals surface area contributed by atoms with Crippen molar-refractivity contribution < 1.29 is 9.53 Å². The molecule has 27 heavy (non-hydrogen) atoms. The highest BCUT2D eigenvalue weighted by Gasteiger charge is 2.17. The molecule has 1 unspecified atom stereocenters. The van der Waals surface area contributed by atoms with E-state index in [1.165, 1.54) is 5.56 Å². The second kappa shape index (κ2) is 9.24. The van der Waals surface area contributed by atoms with E-state index in [4.69, 9.17) is 16.3 Å². The summed E-state index contributed by atoms with van der Waals surface area (Å²) in [7, 11) is 0. The number of nitrogens with one attached hydrogen (secondary N) is 1. The Bertz CT molecular complexity index is 878. The predicted molar refractivity (Wildman–Crippen MR) is 109 cm³/mol. The Balaban J connectivity index is 1.65. The fraction of sp³-hybridized carbons (Fsp3) is 0.174. The van der Waals surface area contributed by atoms with E-state index in [1.807, 2.05) is 79.7 Å². The highest BCUT2D eigenvalue weighted by atomic mass is 35.5. The van der Waals surface area contributed by atoms with E-state index in [1.54, 1.807) is 0 Å². The molecule has 138 valence electrons. The molecule has 0 aliphatic rings. The number of carbonyl (C=O) groups excluding carboxylic acids is 1. The fourth-order valence-corrected chi connectivity index (χ4v) is 3.07. The molecule has 0 heterocycles. The molecule has 0 aromatic heterocycles. The van der Waals surface area contributed by atoms with Gasteiger partial charge in [0.05, 0.1) is 12.6 Å². The summed E-state index contributed by atoms with van der Waals surface area (Å²) >= 11 is 5.99. The average Bonchev–Trinajstić information content (AvgIpc) is 2.68. The number of rotatable bonds is 6. The van der Waals surface area contributed by atoms with E-state index < -0.39 is 6.09 Å². The number of aryl methyl sites for hydroxylation is 1. The number of carbonyl (C=O) groups is 1. The lowest BCUT2D eigenvalue weighted by Gasteiger charge is -2.20. The van der Waals surface area contributed by atoms with Crippen LogP contribution in [0, 0.1) is 6.92 Å². The van der Waals surface area contributed by atoms with Gasteiger partial charge in [-0.2, -0.15) is 0 Å². The fourth-order valence-electron chi connectivity index (χ4n) is 2.95. The van der Waals surface area contributed by atoms with Gasteiger partial charge in [0.1, 0.15) is 0 Å². The van der Waals surface area contributed by atoms with Crippen molar-refractivity contribution in [2.75, 3.05) is 6.61 Å². The van der Waals surface area contributed by atoms with E-state index in [0.29, 0.717) is 18.1 Å². The Labute approximate surface area is 164 Å². The summed E-state index contributed by atoms with van der Waals surface area (Å²) in [6, 6.07) is 25.2. The van der Waals surface area contributed by atoms with Gasteiger partial charge in [0.2, 0.25) is 0 Å². The largest absolute Gasteiger partial charge is 0.449 e. The van der Waals surface area contributed by atoms with Crippen LogP contribution < -0.4 is 5.32 Å². The molecule has 0 aliphatic heterocycles. The molecular weight excluding hydrogens is 358 g/mol. The Morgan fingerprint density at radius 2 is 1.67 bits per heavy atom. The van der Waals surface area contributed by atoms with Crippen molar-refractivity contribution in [1.29, 1.82) is 0 Å². The number of benzene rings is 3. The minimum absolute atomic E-state index is 0.296. The van der Waals surface area contributed by atoms with Crippen LogP contribution >= 0.6 is 11.6 Å². The molecule has 0 fully saturated rings. The first-order chi connectivity index (χ1) is 13.1. The molecule has 3 aromatic carbocycles. The standard InChI is InChI=1S/C23H22ClNO2/c1-17-6-5-7-18(16-17)14-15-27-23(26)25-22(19-8-3-2-4-9-19)20-10-12-21(24)13-11-20/h2-13,16,22H,14-15H2,1H3,(H,25,26). The average molecular weight is 380 g/mol. The summed E-state index contributed by atoms with van der Waals surface area (Å²) < 4.78 is 5.41. The first kappa shape index (κ1) is 19.0. The van der Waals surface area contributed by atoms with Crippen LogP contribution in [0.4, 0.5) is 4.79 Å². The maximum absolute atomic E-state index is 12.4. The summed E-state index contributed by atoms with van der Waals surface area (Å²) in [5, 5.41) is 3.62. The molecule has 0 spiro atoms. The molecule has 1 atom stereocenters. The SMILES string of the molecule is Cc1cccc(CCOC(=O)NC(c2ccccc2)c2ccc(Cl)cc2)c1. The molecule has 4 heteroatoms. The zero-order valence-corrected chi connectivity index (χ0v) is 15.9. The van der Waals surface area contributed by atoms with Crippen molar-refractivity contribution in [3.63, 3.8) is 0 Å². The molecule has 1 amide bonds. The molecule has 3 nitrogen and oxygen atoms in total. The number of alkyl carbamates (subject to hydrolysis) is 1. The molecule has 0 saturated heterocycles. The first-order valence-electron chi connectivity index (χ1n) is 8.91. The molecule has 3 aromatic rings. The third-order valence-electron chi connectivity index (χ3n) is 4.30. The van der Waals surface area contributed by atoms with Gasteiger partial charge in [0.15, 0.2) is 0 Å². The third-order valence-corrected chi connectivity index (χ3v) is 4.56. The minimum Gasteiger partial charge on any atom is -0.449 e. The van der Waals surface area contributed by atoms with Crippen LogP contribution in [-0.4, -0.2) is 12.7 Å².